The molecule has 0 spiro atoms. The minimum absolute atomic E-state index is 0.262. The number of benzene rings is 1. The van der Waals surface area contributed by atoms with Gasteiger partial charge < -0.3 is 19.7 Å². The van der Waals surface area contributed by atoms with Crippen molar-refractivity contribution in [2.45, 2.75) is 19.0 Å². The SMILES string of the molecule is CCOC(=O)c1c(/C=C/N(C)C)nc(SC)nc1Nc1cc(C)cc(OC)c1. The third-order valence-corrected chi connectivity index (χ3v) is 4.21. The number of aromatic nitrogens is 2. The molecule has 0 aliphatic heterocycles. The highest BCUT2D eigenvalue weighted by molar-refractivity contribution is 7.98. The molecule has 0 saturated carbocycles. The molecular weight excluding hydrogens is 376 g/mol. The molecule has 28 heavy (non-hydrogen) atoms. The van der Waals surface area contributed by atoms with Crippen LogP contribution in [-0.2, 0) is 4.74 Å². The monoisotopic (exact) mass is 402 g/mol. The summed E-state index contributed by atoms with van der Waals surface area (Å²) in [5.74, 6) is 0.631. The molecular formula is C20H26N4O3S. The van der Waals surface area contributed by atoms with Crippen LogP contribution in [0.2, 0.25) is 0 Å². The van der Waals surface area contributed by atoms with Crippen LogP contribution in [0.3, 0.4) is 0 Å². The molecule has 0 radical (unpaired) electrons. The minimum atomic E-state index is -0.476. The molecule has 0 fully saturated rings. The first-order valence-electron chi connectivity index (χ1n) is 8.78. The Labute approximate surface area is 170 Å². The third-order valence-electron chi connectivity index (χ3n) is 3.66. The fourth-order valence-electron chi connectivity index (χ4n) is 2.46. The van der Waals surface area contributed by atoms with Crippen LogP contribution < -0.4 is 10.1 Å². The van der Waals surface area contributed by atoms with Crippen molar-refractivity contribution < 1.29 is 14.3 Å². The van der Waals surface area contributed by atoms with Gasteiger partial charge in [0.2, 0.25) is 0 Å². The number of ether oxygens (including phenoxy) is 2. The number of thioether (sulfide) groups is 1. The summed E-state index contributed by atoms with van der Waals surface area (Å²) in [6.45, 7) is 4.00. The van der Waals surface area contributed by atoms with Gasteiger partial charge in [-0.3, -0.25) is 0 Å². The molecule has 2 rings (SSSR count). The van der Waals surface area contributed by atoms with Crippen LogP contribution in [-0.4, -0.2) is 54.9 Å². The maximum absolute atomic E-state index is 12.7. The van der Waals surface area contributed by atoms with Gasteiger partial charge in [0.25, 0.3) is 0 Å². The molecule has 1 N–H and O–H groups in total. The van der Waals surface area contributed by atoms with Crippen LogP contribution in [0.4, 0.5) is 11.5 Å². The number of aryl methyl sites for hydroxylation is 1. The number of hydrogen-bond acceptors (Lipinski definition) is 8. The summed E-state index contributed by atoms with van der Waals surface area (Å²) in [5.41, 5.74) is 2.56. The average Bonchev–Trinajstić information content (AvgIpc) is 2.65. The van der Waals surface area contributed by atoms with E-state index in [1.54, 1.807) is 20.1 Å². The topological polar surface area (TPSA) is 76.6 Å². The molecule has 2 aromatic rings. The zero-order chi connectivity index (χ0) is 20.7. The molecule has 0 bridgehead atoms. The summed E-state index contributed by atoms with van der Waals surface area (Å²) in [6.07, 6.45) is 5.49. The molecule has 0 amide bonds. The highest BCUT2D eigenvalue weighted by atomic mass is 32.2. The van der Waals surface area contributed by atoms with E-state index in [0.717, 1.165) is 11.3 Å². The normalized spacial score (nSPS) is 10.8. The maximum Gasteiger partial charge on any atom is 0.344 e. The second kappa shape index (κ2) is 9.98. The van der Waals surface area contributed by atoms with Crippen molar-refractivity contribution >= 4 is 35.3 Å². The fourth-order valence-corrected chi connectivity index (χ4v) is 2.83. The summed E-state index contributed by atoms with van der Waals surface area (Å²) in [6, 6.07) is 5.72. The van der Waals surface area contributed by atoms with E-state index in [1.807, 2.05) is 56.6 Å². The van der Waals surface area contributed by atoms with E-state index < -0.39 is 5.97 Å². The molecule has 0 atom stereocenters. The lowest BCUT2D eigenvalue weighted by atomic mass is 10.1. The second-order valence-electron chi connectivity index (χ2n) is 6.18. The highest BCUT2D eigenvalue weighted by Gasteiger charge is 2.21. The average molecular weight is 403 g/mol. The van der Waals surface area contributed by atoms with E-state index >= 15 is 0 Å². The predicted octanol–water partition coefficient (Wildman–Crippen LogP) is 3.97. The molecule has 0 aliphatic rings. The van der Waals surface area contributed by atoms with E-state index in [0.29, 0.717) is 28.0 Å². The smallest absolute Gasteiger partial charge is 0.344 e. The standard InChI is InChI=1S/C20H26N4O3S/c1-7-27-19(25)17-16(8-9-24(3)4)22-20(28-6)23-18(17)21-14-10-13(2)11-15(12-14)26-5/h8-12H,7H2,1-6H3,(H,21,22,23)/b9-8+. The molecule has 0 aliphatic carbocycles. The lowest BCUT2D eigenvalue weighted by Crippen LogP contribution is -2.14. The molecule has 8 heteroatoms. The quantitative estimate of drug-likeness (QED) is 0.404. The number of carbonyl (C=O) groups is 1. The van der Waals surface area contributed by atoms with Gasteiger partial charge in [0.15, 0.2) is 5.16 Å². The maximum atomic E-state index is 12.7. The number of esters is 1. The van der Waals surface area contributed by atoms with Crippen LogP contribution in [0.1, 0.15) is 28.5 Å². The largest absolute Gasteiger partial charge is 0.497 e. The van der Waals surface area contributed by atoms with Gasteiger partial charge in [0.05, 0.1) is 19.4 Å². The Morgan fingerprint density at radius 2 is 2.04 bits per heavy atom. The summed E-state index contributed by atoms with van der Waals surface area (Å²) >= 11 is 1.40. The summed E-state index contributed by atoms with van der Waals surface area (Å²) in [4.78, 5) is 23.6. The molecule has 150 valence electrons. The summed E-state index contributed by atoms with van der Waals surface area (Å²) in [5, 5.41) is 3.79. The Bertz CT molecular complexity index is 869. The Morgan fingerprint density at radius 1 is 1.29 bits per heavy atom. The van der Waals surface area contributed by atoms with Gasteiger partial charge in [-0.25, -0.2) is 14.8 Å². The van der Waals surface area contributed by atoms with E-state index in [9.17, 15) is 4.79 Å². The lowest BCUT2D eigenvalue weighted by molar-refractivity contribution is 0.0526. The summed E-state index contributed by atoms with van der Waals surface area (Å²) in [7, 11) is 5.41. The van der Waals surface area contributed by atoms with Crippen molar-refractivity contribution in [2.75, 3.05) is 39.4 Å². The van der Waals surface area contributed by atoms with E-state index in [4.69, 9.17) is 9.47 Å². The van der Waals surface area contributed by atoms with Crippen molar-refractivity contribution in [1.82, 2.24) is 14.9 Å². The first-order chi connectivity index (χ1) is 13.4. The van der Waals surface area contributed by atoms with Gasteiger partial charge in [-0.1, -0.05) is 11.8 Å². The van der Waals surface area contributed by atoms with Crippen LogP contribution in [0.15, 0.2) is 29.6 Å². The van der Waals surface area contributed by atoms with Crippen LogP contribution in [0.5, 0.6) is 5.75 Å². The van der Waals surface area contributed by atoms with Gasteiger partial charge >= 0.3 is 5.97 Å². The first kappa shape index (κ1) is 21.6. The Balaban J connectivity index is 2.61. The van der Waals surface area contributed by atoms with Gasteiger partial charge in [0.1, 0.15) is 17.1 Å². The van der Waals surface area contributed by atoms with E-state index in [1.165, 1.54) is 11.8 Å². The van der Waals surface area contributed by atoms with Gasteiger partial charge in [-0.2, -0.15) is 0 Å². The molecule has 0 saturated heterocycles. The first-order valence-corrected chi connectivity index (χ1v) is 10.0. The van der Waals surface area contributed by atoms with Crippen LogP contribution >= 0.6 is 11.8 Å². The van der Waals surface area contributed by atoms with Gasteiger partial charge in [0, 0.05) is 32.0 Å². The van der Waals surface area contributed by atoms with Crippen LogP contribution in [0, 0.1) is 6.92 Å². The zero-order valence-corrected chi connectivity index (χ0v) is 17.9. The number of methoxy groups -OCH3 is 1. The van der Waals surface area contributed by atoms with Crippen LogP contribution in [0.25, 0.3) is 6.08 Å². The fraction of sp³-hybridized carbons (Fsp3) is 0.350. The second-order valence-corrected chi connectivity index (χ2v) is 6.96. The minimum Gasteiger partial charge on any atom is -0.497 e. The van der Waals surface area contributed by atoms with Gasteiger partial charge in [-0.15, -0.1) is 0 Å². The predicted molar refractivity (Wildman–Crippen MR) is 114 cm³/mol. The highest BCUT2D eigenvalue weighted by Crippen LogP contribution is 2.28. The zero-order valence-electron chi connectivity index (χ0n) is 17.1. The lowest BCUT2D eigenvalue weighted by Gasteiger charge is -2.15. The molecule has 1 aromatic carbocycles. The number of rotatable bonds is 8. The van der Waals surface area contributed by atoms with Gasteiger partial charge in [-0.05, 0) is 43.9 Å². The molecule has 1 aromatic heterocycles. The van der Waals surface area contributed by atoms with E-state index in [-0.39, 0.29) is 6.61 Å². The molecule has 7 nitrogen and oxygen atoms in total. The van der Waals surface area contributed by atoms with Crippen molar-refractivity contribution in [2.24, 2.45) is 0 Å². The number of carbonyl (C=O) groups excluding carboxylic acids is 1. The van der Waals surface area contributed by atoms with Crippen molar-refractivity contribution in [1.29, 1.82) is 0 Å². The molecule has 0 unspecified atom stereocenters. The Hall–Kier alpha value is -2.74. The third kappa shape index (κ3) is 5.63. The van der Waals surface area contributed by atoms with Crippen molar-refractivity contribution in [3.8, 4) is 5.75 Å². The number of hydrogen-bond donors (Lipinski definition) is 1. The number of nitrogens with zero attached hydrogens (tertiary/aromatic N) is 3. The Morgan fingerprint density at radius 3 is 2.64 bits per heavy atom. The van der Waals surface area contributed by atoms with Crippen molar-refractivity contribution in [3.05, 3.63) is 41.2 Å². The summed E-state index contributed by atoms with van der Waals surface area (Å²) < 4.78 is 10.6. The number of nitrogens with one attached hydrogen (secondary N) is 1. The number of anilines is 2. The van der Waals surface area contributed by atoms with Crippen molar-refractivity contribution in [3.63, 3.8) is 0 Å². The van der Waals surface area contributed by atoms with E-state index in [2.05, 4.69) is 15.3 Å². The molecule has 1 heterocycles. The Kier molecular flexibility index (Phi) is 7.69.